The summed E-state index contributed by atoms with van der Waals surface area (Å²) >= 11 is 7.37. The second kappa shape index (κ2) is 6.60. The van der Waals surface area contributed by atoms with Gasteiger partial charge in [-0.1, -0.05) is 17.7 Å². The lowest BCUT2D eigenvalue weighted by Gasteiger charge is -2.15. The van der Waals surface area contributed by atoms with Gasteiger partial charge in [-0.25, -0.2) is 4.98 Å². The molecule has 112 valence electrons. The summed E-state index contributed by atoms with van der Waals surface area (Å²) in [5.74, 6) is 1.54. The van der Waals surface area contributed by atoms with E-state index in [-0.39, 0.29) is 6.10 Å². The van der Waals surface area contributed by atoms with Crippen molar-refractivity contribution in [3.05, 3.63) is 35.1 Å². The standard InChI is InChI=1S/C14H16ClN3O2S/c1-19-9-13-16-14(21-17-13)18-6-5-12(8-18)20-11-4-2-3-10(15)7-11/h2-4,7,12H,5-6,8-9H2,1H3. The summed E-state index contributed by atoms with van der Waals surface area (Å²) in [6.07, 6.45) is 1.12. The van der Waals surface area contributed by atoms with Crippen LogP contribution in [0.15, 0.2) is 24.3 Å². The lowest BCUT2D eigenvalue weighted by molar-refractivity contribution is 0.179. The average Bonchev–Trinajstić information content (AvgIpc) is 3.08. The number of nitrogens with zero attached hydrogens (tertiary/aromatic N) is 3. The van der Waals surface area contributed by atoms with Crippen molar-refractivity contribution in [1.82, 2.24) is 9.36 Å². The van der Waals surface area contributed by atoms with E-state index >= 15 is 0 Å². The zero-order chi connectivity index (χ0) is 14.7. The molecule has 1 fully saturated rings. The van der Waals surface area contributed by atoms with Crippen LogP contribution in [0.1, 0.15) is 12.2 Å². The van der Waals surface area contributed by atoms with Crippen LogP contribution in [0.3, 0.4) is 0 Å². The maximum atomic E-state index is 5.97. The van der Waals surface area contributed by atoms with Crippen molar-refractivity contribution in [3.8, 4) is 5.75 Å². The molecule has 0 amide bonds. The molecule has 0 N–H and O–H groups in total. The van der Waals surface area contributed by atoms with Gasteiger partial charge in [-0.3, -0.25) is 0 Å². The van der Waals surface area contributed by atoms with E-state index in [4.69, 9.17) is 21.1 Å². The summed E-state index contributed by atoms with van der Waals surface area (Å²) in [6, 6.07) is 7.50. The molecular formula is C14H16ClN3O2S. The Bertz CT molecular complexity index is 607. The molecule has 1 aliphatic heterocycles. The van der Waals surface area contributed by atoms with Crippen LogP contribution >= 0.6 is 23.1 Å². The Kier molecular flexibility index (Phi) is 4.57. The summed E-state index contributed by atoms with van der Waals surface area (Å²) in [5.41, 5.74) is 0. The molecule has 1 saturated heterocycles. The smallest absolute Gasteiger partial charge is 0.205 e. The zero-order valence-electron chi connectivity index (χ0n) is 11.7. The van der Waals surface area contributed by atoms with E-state index in [1.165, 1.54) is 11.5 Å². The Morgan fingerprint density at radius 1 is 1.48 bits per heavy atom. The van der Waals surface area contributed by atoms with E-state index in [1.807, 2.05) is 24.3 Å². The molecular weight excluding hydrogens is 310 g/mol. The molecule has 5 nitrogen and oxygen atoms in total. The van der Waals surface area contributed by atoms with Crippen molar-refractivity contribution in [2.75, 3.05) is 25.1 Å². The van der Waals surface area contributed by atoms with Crippen LogP contribution in [0, 0.1) is 0 Å². The largest absolute Gasteiger partial charge is 0.488 e. The lowest BCUT2D eigenvalue weighted by atomic mass is 10.3. The van der Waals surface area contributed by atoms with Crippen molar-refractivity contribution in [2.24, 2.45) is 0 Å². The number of halogens is 1. The molecule has 0 saturated carbocycles. The number of methoxy groups -OCH3 is 1. The van der Waals surface area contributed by atoms with E-state index in [0.717, 1.165) is 36.2 Å². The fourth-order valence-electron chi connectivity index (χ4n) is 2.29. The number of anilines is 1. The first kappa shape index (κ1) is 14.6. The van der Waals surface area contributed by atoms with Crippen LogP contribution in [0.2, 0.25) is 5.02 Å². The van der Waals surface area contributed by atoms with Crippen molar-refractivity contribution in [3.63, 3.8) is 0 Å². The third kappa shape index (κ3) is 3.64. The molecule has 21 heavy (non-hydrogen) atoms. The molecule has 1 atom stereocenters. The van der Waals surface area contributed by atoms with E-state index < -0.39 is 0 Å². The van der Waals surface area contributed by atoms with Gasteiger partial charge in [0.15, 0.2) is 5.82 Å². The number of hydrogen-bond donors (Lipinski definition) is 0. The van der Waals surface area contributed by atoms with Gasteiger partial charge in [0.25, 0.3) is 0 Å². The SMILES string of the molecule is COCc1nsc(N2CCC(Oc3cccc(Cl)c3)C2)n1. The Morgan fingerprint density at radius 3 is 3.19 bits per heavy atom. The van der Waals surface area contributed by atoms with E-state index in [9.17, 15) is 0 Å². The van der Waals surface area contributed by atoms with Crippen LogP contribution in [0.5, 0.6) is 5.75 Å². The highest BCUT2D eigenvalue weighted by Gasteiger charge is 2.26. The van der Waals surface area contributed by atoms with Gasteiger partial charge < -0.3 is 14.4 Å². The molecule has 1 aromatic carbocycles. The summed E-state index contributed by atoms with van der Waals surface area (Å²) in [4.78, 5) is 6.67. The molecule has 3 rings (SSSR count). The van der Waals surface area contributed by atoms with Crippen molar-refractivity contribution >= 4 is 28.3 Å². The van der Waals surface area contributed by atoms with E-state index in [0.29, 0.717) is 11.6 Å². The average molecular weight is 326 g/mol. The molecule has 1 unspecified atom stereocenters. The highest BCUT2D eigenvalue weighted by atomic mass is 35.5. The molecule has 0 spiro atoms. The van der Waals surface area contributed by atoms with Gasteiger partial charge >= 0.3 is 0 Å². The summed E-state index contributed by atoms with van der Waals surface area (Å²) in [5, 5.41) is 1.62. The predicted octanol–water partition coefficient (Wildman–Crippen LogP) is 3.00. The minimum absolute atomic E-state index is 0.151. The molecule has 1 aliphatic rings. The Morgan fingerprint density at radius 2 is 2.38 bits per heavy atom. The fraction of sp³-hybridized carbons (Fsp3) is 0.429. The minimum Gasteiger partial charge on any atom is -0.488 e. The normalized spacial score (nSPS) is 18.2. The number of hydrogen-bond acceptors (Lipinski definition) is 6. The summed E-state index contributed by atoms with van der Waals surface area (Å²) in [6.45, 7) is 2.19. The van der Waals surface area contributed by atoms with Crippen molar-refractivity contribution in [1.29, 1.82) is 0 Å². The molecule has 0 bridgehead atoms. The molecule has 2 aromatic rings. The van der Waals surface area contributed by atoms with Crippen LogP contribution in [-0.2, 0) is 11.3 Å². The predicted molar refractivity (Wildman–Crippen MR) is 83.3 cm³/mol. The quantitative estimate of drug-likeness (QED) is 0.845. The first-order valence-corrected chi connectivity index (χ1v) is 7.88. The molecule has 0 aliphatic carbocycles. The number of benzene rings is 1. The first-order valence-electron chi connectivity index (χ1n) is 6.73. The highest BCUT2D eigenvalue weighted by Crippen LogP contribution is 2.26. The molecule has 1 aromatic heterocycles. The van der Waals surface area contributed by atoms with Gasteiger partial charge in [0.1, 0.15) is 18.5 Å². The van der Waals surface area contributed by atoms with Crippen LogP contribution in [-0.4, -0.2) is 35.7 Å². The zero-order valence-corrected chi connectivity index (χ0v) is 13.2. The molecule has 7 heteroatoms. The minimum atomic E-state index is 0.151. The number of ether oxygens (including phenoxy) is 2. The lowest BCUT2D eigenvalue weighted by Crippen LogP contribution is -2.24. The Balaban J connectivity index is 1.59. The molecule has 2 heterocycles. The van der Waals surface area contributed by atoms with Gasteiger partial charge in [-0.15, -0.1) is 0 Å². The maximum absolute atomic E-state index is 5.97. The first-order chi connectivity index (χ1) is 10.2. The van der Waals surface area contributed by atoms with E-state index in [1.54, 1.807) is 7.11 Å². The second-order valence-corrected chi connectivity index (χ2v) is 6.02. The third-order valence-electron chi connectivity index (χ3n) is 3.25. The summed E-state index contributed by atoms with van der Waals surface area (Å²) < 4.78 is 15.3. The van der Waals surface area contributed by atoms with Gasteiger partial charge in [0.05, 0.1) is 6.54 Å². The molecule has 0 radical (unpaired) electrons. The van der Waals surface area contributed by atoms with Crippen molar-refractivity contribution in [2.45, 2.75) is 19.1 Å². The fourth-order valence-corrected chi connectivity index (χ4v) is 3.18. The van der Waals surface area contributed by atoms with Gasteiger partial charge in [-0.05, 0) is 18.2 Å². The monoisotopic (exact) mass is 325 g/mol. The highest BCUT2D eigenvalue weighted by molar-refractivity contribution is 7.09. The van der Waals surface area contributed by atoms with Gasteiger partial charge in [-0.2, -0.15) is 4.37 Å². The third-order valence-corrected chi connectivity index (χ3v) is 4.30. The van der Waals surface area contributed by atoms with Gasteiger partial charge in [0.2, 0.25) is 5.13 Å². The topological polar surface area (TPSA) is 47.5 Å². The van der Waals surface area contributed by atoms with E-state index in [2.05, 4.69) is 14.3 Å². The van der Waals surface area contributed by atoms with Gasteiger partial charge in [0, 0.05) is 36.6 Å². The van der Waals surface area contributed by atoms with Crippen molar-refractivity contribution < 1.29 is 9.47 Å². The summed E-state index contributed by atoms with van der Waals surface area (Å²) in [7, 11) is 1.64. The number of rotatable bonds is 5. The Hall–Kier alpha value is -1.37. The van der Waals surface area contributed by atoms with Crippen LogP contribution in [0.25, 0.3) is 0 Å². The Labute approximate surface area is 132 Å². The maximum Gasteiger partial charge on any atom is 0.205 e. The van der Waals surface area contributed by atoms with Crippen LogP contribution in [0.4, 0.5) is 5.13 Å². The number of aromatic nitrogens is 2. The second-order valence-electron chi connectivity index (χ2n) is 4.86. The van der Waals surface area contributed by atoms with Crippen LogP contribution < -0.4 is 9.64 Å².